The van der Waals surface area contributed by atoms with E-state index in [-0.39, 0.29) is 24.3 Å². The lowest BCUT2D eigenvalue weighted by atomic mass is 9.58. The average Bonchev–Trinajstić information content (AvgIpc) is 2.90. The lowest BCUT2D eigenvalue weighted by Crippen LogP contribution is -2.54. The lowest BCUT2D eigenvalue weighted by molar-refractivity contribution is -0.143. The molecule has 3 aromatic heterocycles. The second-order valence-corrected chi connectivity index (χ2v) is 8.84. The summed E-state index contributed by atoms with van der Waals surface area (Å²) in [7, 11) is 0. The molecule has 2 N–H and O–H groups in total. The molecule has 0 aliphatic heterocycles. The molecule has 0 spiro atoms. The molecule has 3 heterocycles. The van der Waals surface area contributed by atoms with Crippen molar-refractivity contribution < 1.29 is 15.0 Å². The molecular formula is C28H25N3O3. The van der Waals surface area contributed by atoms with Crippen LogP contribution in [-0.4, -0.2) is 30.9 Å². The van der Waals surface area contributed by atoms with Crippen LogP contribution in [0.5, 0.6) is 0 Å². The lowest BCUT2D eigenvalue weighted by Gasteiger charge is -2.50. The molecule has 0 radical (unpaired) electrons. The van der Waals surface area contributed by atoms with E-state index in [4.69, 9.17) is 0 Å². The second kappa shape index (κ2) is 8.89. The van der Waals surface area contributed by atoms with Crippen molar-refractivity contribution >= 4 is 5.78 Å². The summed E-state index contributed by atoms with van der Waals surface area (Å²) >= 11 is 0. The second-order valence-electron chi connectivity index (χ2n) is 8.84. The summed E-state index contributed by atoms with van der Waals surface area (Å²) in [4.78, 5) is 27.1. The third-order valence-corrected chi connectivity index (χ3v) is 6.71. The Kier molecular flexibility index (Phi) is 5.77. The number of aromatic nitrogens is 3. The Hall–Kier alpha value is -3.74. The topological polar surface area (TPSA) is 96.2 Å². The van der Waals surface area contributed by atoms with Crippen LogP contribution in [-0.2, 0) is 11.2 Å². The van der Waals surface area contributed by atoms with Gasteiger partial charge in [0.05, 0.1) is 17.3 Å². The predicted octanol–water partition coefficient (Wildman–Crippen LogP) is 4.02. The minimum atomic E-state index is -1.76. The number of hydrogen-bond acceptors (Lipinski definition) is 6. The average molecular weight is 452 g/mol. The van der Waals surface area contributed by atoms with E-state index in [1.54, 1.807) is 67.1 Å². The number of carbonyl (C=O) groups is 1. The summed E-state index contributed by atoms with van der Waals surface area (Å²) in [6.07, 6.45) is 4.86. The Labute approximate surface area is 198 Å². The van der Waals surface area contributed by atoms with Crippen molar-refractivity contribution in [3.63, 3.8) is 0 Å². The molecule has 1 aromatic carbocycles. The monoisotopic (exact) mass is 451 g/mol. The van der Waals surface area contributed by atoms with E-state index in [0.717, 1.165) is 5.56 Å². The quantitative estimate of drug-likeness (QED) is 0.445. The van der Waals surface area contributed by atoms with Crippen LogP contribution in [0.1, 0.15) is 46.2 Å². The number of benzene rings is 1. The fraction of sp³-hybridized carbons (Fsp3) is 0.214. The third-order valence-electron chi connectivity index (χ3n) is 6.71. The van der Waals surface area contributed by atoms with Crippen molar-refractivity contribution in [3.8, 4) is 0 Å². The first-order valence-electron chi connectivity index (χ1n) is 11.3. The zero-order valence-corrected chi connectivity index (χ0v) is 18.5. The SMILES string of the molecule is O=C(c1ccccn1)[C@@H]1[C@@H](c2ccccc2)C[C@@](O)(c2ccccn2)C[C@@]1(O)c1ccccn1. The van der Waals surface area contributed by atoms with E-state index in [2.05, 4.69) is 15.0 Å². The van der Waals surface area contributed by atoms with Crippen molar-refractivity contribution in [2.45, 2.75) is 30.0 Å². The Morgan fingerprint density at radius 1 is 0.735 bits per heavy atom. The molecule has 0 unspecified atom stereocenters. The van der Waals surface area contributed by atoms with Crippen LogP contribution in [0.15, 0.2) is 104 Å². The first-order valence-corrected chi connectivity index (χ1v) is 11.3. The van der Waals surface area contributed by atoms with Crippen LogP contribution in [0.4, 0.5) is 0 Å². The van der Waals surface area contributed by atoms with Crippen molar-refractivity contribution in [1.29, 1.82) is 0 Å². The normalized spacial score (nSPS) is 26.6. The van der Waals surface area contributed by atoms with Gasteiger partial charge in [0.15, 0.2) is 5.78 Å². The maximum absolute atomic E-state index is 14.0. The number of Topliss-reactive ketones (excluding diaryl/α,β-unsaturated/α-hetero) is 1. The summed E-state index contributed by atoms with van der Waals surface area (Å²) in [6, 6.07) is 25.3. The van der Waals surface area contributed by atoms with E-state index in [9.17, 15) is 15.0 Å². The summed E-state index contributed by atoms with van der Waals surface area (Å²) in [6.45, 7) is 0. The number of nitrogens with zero attached hydrogens (tertiary/aromatic N) is 3. The number of aliphatic hydroxyl groups is 2. The van der Waals surface area contributed by atoms with Gasteiger partial charge >= 0.3 is 0 Å². The van der Waals surface area contributed by atoms with E-state index in [0.29, 0.717) is 11.4 Å². The fourth-order valence-corrected chi connectivity index (χ4v) is 5.22. The first-order chi connectivity index (χ1) is 16.5. The molecular weight excluding hydrogens is 426 g/mol. The van der Waals surface area contributed by atoms with E-state index < -0.39 is 23.0 Å². The van der Waals surface area contributed by atoms with Crippen molar-refractivity contribution in [2.75, 3.05) is 0 Å². The summed E-state index contributed by atoms with van der Waals surface area (Å²) < 4.78 is 0. The van der Waals surface area contributed by atoms with Gasteiger partial charge in [-0.1, -0.05) is 48.5 Å². The van der Waals surface area contributed by atoms with Gasteiger partial charge in [-0.3, -0.25) is 19.7 Å². The summed E-state index contributed by atoms with van der Waals surface area (Å²) in [5.41, 5.74) is -1.34. The first kappa shape index (κ1) is 22.1. The number of hydrogen-bond donors (Lipinski definition) is 2. The Morgan fingerprint density at radius 3 is 1.91 bits per heavy atom. The third kappa shape index (κ3) is 3.91. The van der Waals surface area contributed by atoms with E-state index in [1.807, 2.05) is 36.4 Å². The number of ketones is 1. The summed E-state index contributed by atoms with van der Waals surface area (Å²) in [5, 5.41) is 24.3. The van der Waals surface area contributed by atoms with Crippen LogP contribution < -0.4 is 0 Å². The van der Waals surface area contributed by atoms with Gasteiger partial charge in [0.2, 0.25) is 0 Å². The van der Waals surface area contributed by atoms with Crippen molar-refractivity contribution in [3.05, 3.63) is 126 Å². The van der Waals surface area contributed by atoms with Crippen molar-refractivity contribution in [1.82, 2.24) is 15.0 Å². The summed E-state index contributed by atoms with van der Waals surface area (Å²) in [5.74, 6) is -1.71. The van der Waals surface area contributed by atoms with Gasteiger partial charge in [0.1, 0.15) is 16.9 Å². The fourth-order valence-electron chi connectivity index (χ4n) is 5.22. The van der Waals surface area contributed by atoms with Crippen molar-refractivity contribution in [2.24, 2.45) is 5.92 Å². The molecule has 4 atom stereocenters. The molecule has 0 bridgehead atoms. The number of pyridine rings is 3. The van der Waals surface area contributed by atoms with E-state index in [1.165, 1.54) is 0 Å². The molecule has 1 aliphatic rings. The van der Waals surface area contributed by atoms with Crippen LogP contribution in [0.3, 0.4) is 0 Å². The van der Waals surface area contributed by atoms with Crippen LogP contribution in [0, 0.1) is 5.92 Å². The number of rotatable bonds is 5. The zero-order chi connectivity index (χ0) is 23.6. The largest absolute Gasteiger partial charge is 0.383 e. The predicted molar refractivity (Wildman–Crippen MR) is 127 cm³/mol. The molecule has 0 amide bonds. The maximum atomic E-state index is 14.0. The highest BCUT2D eigenvalue weighted by molar-refractivity contribution is 5.97. The Balaban J connectivity index is 1.73. The van der Waals surface area contributed by atoms with E-state index >= 15 is 0 Å². The van der Waals surface area contributed by atoms with Crippen LogP contribution in [0.2, 0.25) is 0 Å². The highest BCUT2D eigenvalue weighted by atomic mass is 16.3. The van der Waals surface area contributed by atoms with Gasteiger partial charge in [-0.15, -0.1) is 0 Å². The van der Waals surface area contributed by atoms with Gasteiger partial charge < -0.3 is 10.2 Å². The highest BCUT2D eigenvalue weighted by Gasteiger charge is 2.59. The van der Waals surface area contributed by atoms with Gasteiger partial charge in [-0.05, 0) is 48.4 Å². The van der Waals surface area contributed by atoms with Gasteiger partial charge in [-0.25, -0.2) is 0 Å². The maximum Gasteiger partial charge on any atom is 0.188 e. The molecule has 170 valence electrons. The zero-order valence-electron chi connectivity index (χ0n) is 18.5. The van der Waals surface area contributed by atoms with Gasteiger partial charge in [0.25, 0.3) is 0 Å². The molecule has 4 aromatic rings. The van der Waals surface area contributed by atoms with Crippen LogP contribution in [0.25, 0.3) is 0 Å². The molecule has 34 heavy (non-hydrogen) atoms. The Morgan fingerprint density at radius 2 is 1.32 bits per heavy atom. The van der Waals surface area contributed by atoms with Gasteiger partial charge in [-0.2, -0.15) is 0 Å². The molecule has 5 rings (SSSR count). The molecule has 1 saturated carbocycles. The van der Waals surface area contributed by atoms with Crippen LogP contribution >= 0.6 is 0 Å². The molecule has 0 saturated heterocycles. The minimum absolute atomic E-state index is 0.124. The smallest absolute Gasteiger partial charge is 0.188 e. The van der Waals surface area contributed by atoms with Gasteiger partial charge in [0, 0.05) is 30.9 Å². The number of carbonyl (C=O) groups excluding carboxylic acids is 1. The molecule has 6 heteroatoms. The molecule has 1 fully saturated rings. The Bertz CT molecular complexity index is 1260. The molecule has 6 nitrogen and oxygen atoms in total. The standard InChI is InChI=1S/C28H25N3O3/c32-26(22-12-4-7-15-29-22)25-21(20-10-2-1-3-11-20)18-27(33,23-13-5-8-16-30-23)19-28(25,34)24-14-6-9-17-31-24/h1-17,21,25,33-34H,18-19H2/t21-,25+,27+,28-/m1/s1. The molecule has 1 aliphatic carbocycles. The minimum Gasteiger partial charge on any atom is -0.383 e. The highest BCUT2D eigenvalue weighted by Crippen LogP contribution is 2.55.